The summed E-state index contributed by atoms with van der Waals surface area (Å²) in [4.78, 5) is 2.64. The molecule has 0 spiro atoms. The van der Waals surface area contributed by atoms with E-state index in [-0.39, 0.29) is 12.8 Å². The van der Waals surface area contributed by atoms with E-state index >= 15 is 0 Å². The van der Waals surface area contributed by atoms with Crippen molar-refractivity contribution in [1.29, 1.82) is 0 Å². The van der Waals surface area contributed by atoms with Crippen LogP contribution in [0.2, 0.25) is 0 Å². The largest absolute Gasteiger partial charge is 0.399 e. The van der Waals surface area contributed by atoms with Crippen LogP contribution in [0.15, 0.2) is 0 Å². The molecule has 1 aliphatic rings. The van der Waals surface area contributed by atoms with Crippen LogP contribution in [0.25, 0.3) is 5.53 Å². The second-order valence-electron chi connectivity index (χ2n) is 3.53. The third-order valence-corrected chi connectivity index (χ3v) is 5.11. The van der Waals surface area contributed by atoms with Gasteiger partial charge < -0.3 is 5.53 Å². The standard InChI is InChI=1S/C7H12N2O4S2/c8-9-6(14(10)11)7(15(12)13)4-2-1-3-5-7/h14-15H,1-5H2. The van der Waals surface area contributed by atoms with Gasteiger partial charge in [-0.05, 0) is 12.8 Å². The lowest BCUT2D eigenvalue weighted by Gasteiger charge is -2.25. The zero-order chi connectivity index (χ0) is 11.5. The Morgan fingerprint density at radius 1 is 1.07 bits per heavy atom. The molecule has 86 valence electrons. The SMILES string of the molecule is [N-]=[N+]=C([SH](=O)=O)C1([SH](=O)=O)CCCCC1. The number of nitrogens with zero attached hydrogens (tertiary/aromatic N) is 2. The Hall–Kier alpha value is -0.720. The number of rotatable bonds is 2. The summed E-state index contributed by atoms with van der Waals surface area (Å²) >= 11 is 0. The van der Waals surface area contributed by atoms with Crippen LogP contribution >= 0.6 is 0 Å². The summed E-state index contributed by atoms with van der Waals surface area (Å²) in [5.41, 5.74) is 8.60. The quantitative estimate of drug-likeness (QED) is 0.228. The van der Waals surface area contributed by atoms with Gasteiger partial charge in [0.25, 0.3) is 0 Å². The van der Waals surface area contributed by atoms with Crippen LogP contribution in [-0.4, -0.2) is 31.4 Å². The molecule has 0 atom stereocenters. The lowest BCUT2D eigenvalue weighted by molar-refractivity contribution is -0.00705. The lowest BCUT2D eigenvalue weighted by Crippen LogP contribution is -2.43. The summed E-state index contributed by atoms with van der Waals surface area (Å²) in [5, 5.41) is -0.617. The van der Waals surface area contributed by atoms with Gasteiger partial charge in [0.05, 0.1) is 0 Å². The van der Waals surface area contributed by atoms with Crippen LogP contribution in [-0.2, 0) is 21.4 Å². The minimum absolute atomic E-state index is 0.217. The molecule has 0 heterocycles. The maximum absolute atomic E-state index is 11.2. The normalized spacial score (nSPS) is 20.1. The van der Waals surface area contributed by atoms with Gasteiger partial charge in [0.2, 0.25) is 10.7 Å². The number of hydrogen-bond donors (Lipinski definition) is 2. The van der Waals surface area contributed by atoms with Crippen molar-refractivity contribution < 1.29 is 21.6 Å². The highest BCUT2D eigenvalue weighted by atomic mass is 32.2. The van der Waals surface area contributed by atoms with E-state index in [2.05, 4.69) is 4.79 Å². The number of hydrogen-bond acceptors (Lipinski definition) is 4. The molecular formula is C7H12N2O4S2. The number of thiol groups is 2. The predicted octanol–water partition coefficient (Wildman–Crippen LogP) is -0.460. The molecule has 1 aliphatic carbocycles. The summed E-state index contributed by atoms with van der Waals surface area (Å²) in [6.07, 6.45) is 2.57. The minimum Gasteiger partial charge on any atom is -0.360 e. The molecule has 0 amide bonds. The molecule has 1 rings (SSSR count). The lowest BCUT2D eigenvalue weighted by atomic mass is 9.89. The van der Waals surface area contributed by atoms with Crippen molar-refractivity contribution in [1.82, 2.24) is 0 Å². The Balaban J connectivity index is 3.27. The highest BCUT2D eigenvalue weighted by Gasteiger charge is 2.49. The van der Waals surface area contributed by atoms with Crippen molar-refractivity contribution in [3.63, 3.8) is 0 Å². The second kappa shape index (κ2) is 4.87. The maximum atomic E-state index is 11.2. The molecule has 1 fully saturated rings. The minimum atomic E-state index is -3.15. The fourth-order valence-corrected chi connectivity index (χ4v) is 3.94. The van der Waals surface area contributed by atoms with E-state index in [4.69, 9.17) is 5.53 Å². The van der Waals surface area contributed by atoms with E-state index in [1.54, 1.807) is 0 Å². The highest BCUT2D eigenvalue weighted by Crippen LogP contribution is 2.32. The van der Waals surface area contributed by atoms with E-state index in [0.29, 0.717) is 12.8 Å². The maximum Gasteiger partial charge on any atom is 0.399 e. The van der Waals surface area contributed by atoms with Gasteiger partial charge >= 0.3 is 5.04 Å². The van der Waals surface area contributed by atoms with Crippen molar-refractivity contribution in [3.8, 4) is 0 Å². The van der Waals surface area contributed by atoms with Crippen molar-refractivity contribution in [2.45, 2.75) is 36.9 Å². The molecule has 15 heavy (non-hydrogen) atoms. The molecule has 0 bridgehead atoms. The Bertz CT molecular complexity index is 424. The molecule has 0 aromatic heterocycles. The first-order chi connectivity index (χ1) is 7.04. The molecule has 0 saturated heterocycles. The van der Waals surface area contributed by atoms with Gasteiger partial charge in [0.15, 0.2) is 15.5 Å². The van der Waals surface area contributed by atoms with E-state index in [1.807, 2.05) is 0 Å². The van der Waals surface area contributed by atoms with E-state index in [9.17, 15) is 16.8 Å². The zero-order valence-electron chi connectivity index (χ0n) is 7.96. The molecular weight excluding hydrogens is 240 g/mol. The van der Waals surface area contributed by atoms with Gasteiger partial charge in [-0.1, -0.05) is 19.3 Å². The van der Waals surface area contributed by atoms with Crippen LogP contribution in [0.4, 0.5) is 0 Å². The van der Waals surface area contributed by atoms with E-state index in [0.717, 1.165) is 6.42 Å². The molecule has 6 nitrogen and oxygen atoms in total. The molecule has 1 saturated carbocycles. The van der Waals surface area contributed by atoms with Crippen molar-refractivity contribution in [2.24, 2.45) is 0 Å². The second-order valence-corrected chi connectivity index (χ2v) is 5.84. The summed E-state index contributed by atoms with van der Waals surface area (Å²) in [5.74, 6) is 0. The van der Waals surface area contributed by atoms with Crippen molar-refractivity contribution in [2.75, 3.05) is 0 Å². The molecule has 0 aromatic carbocycles. The predicted molar refractivity (Wildman–Crippen MR) is 55.1 cm³/mol. The first-order valence-electron chi connectivity index (χ1n) is 4.56. The fourth-order valence-electron chi connectivity index (χ4n) is 1.92. The van der Waals surface area contributed by atoms with Crippen LogP contribution in [0.5, 0.6) is 0 Å². The van der Waals surface area contributed by atoms with Gasteiger partial charge in [-0.2, -0.15) is 4.79 Å². The molecule has 0 aliphatic heterocycles. The smallest absolute Gasteiger partial charge is 0.360 e. The average molecular weight is 252 g/mol. The summed E-state index contributed by atoms with van der Waals surface area (Å²) in [6, 6.07) is 0. The Kier molecular flexibility index (Phi) is 4.01. The van der Waals surface area contributed by atoms with Crippen LogP contribution in [0.1, 0.15) is 32.1 Å². The van der Waals surface area contributed by atoms with Crippen LogP contribution < -0.4 is 0 Å². The van der Waals surface area contributed by atoms with Crippen molar-refractivity contribution in [3.05, 3.63) is 5.53 Å². The van der Waals surface area contributed by atoms with Crippen molar-refractivity contribution >= 4 is 26.5 Å². The van der Waals surface area contributed by atoms with Gasteiger partial charge in [-0.3, -0.25) is 0 Å². The third-order valence-electron chi connectivity index (χ3n) is 2.71. The first kappa shape index (κ1) is 12.4. The molecule has 0 N–H and O–H groups in total. The molecule has 0 unspecified atom stereocenters. The van der Waals surface area contributed by atoms with E-state index < -0.39 is 31.2 Å². The van der Waals surface area contributed by atoms with E-state index in [1.165, 1.54) is 0 Å². The van der Waals surface area contributed by atoms with Gasteiger partial charge in [-0.15, -0.1) is 0 Å². The van der Waals surface area contributed by atoms with Crippen LogP contribution in [0.3, 0.4) is 0 Å². The van der Waals surface area contributed by atoms with Gasteiger partial charge in [0.1, 0.15) is 0 Å². The molecule has 0 radical (unpaired) electrons. The summed E-state index contributed by atoms with van der Waals surface area (Å²) in [7, 11) is -6.11. The summed E-state index contributed by atoms with van der Waals surface area (Å²) < 4.78 is 42.5. The Morgan fingerprint density at radius 3 is 1.93 bits per heavy atom. The Labute approximate surface area is 90.8 Å². The topological polar surface area (TPSA) is 105 Å². The highest BCUT2D eigenvalue weighted by molar-refractivity contribution is 7.92. The first-order valence-corrected chi connectivity index (χ1v) is 6.91. The molecule has 0 aromatic rings. The molecule has 8 heteroatoms. The summed E-state index contributed by atoms with van der Waals surface area (Å²) in [6.45, 7) is 0. The third kappa shape index (κ3) is 2.27. The fraction of sp³-hybridized carbons (Fsp3) is 0.857. The Morgan fingerprint density at radius 2 is 1.60 bits per heavy atom. The monoisotopic (exact) mass is 252 g/mol. The van der Waals surface area contributed by atoms with Gasteiger partial charge in [-0.25, -0.2) is 16.8 Å². The van der Waals surface area contributed by atoms with Gasteiger partial charge in [0, 0.05) is 0 Å². The van der Waals surface area contributed by atoms with Crippen LogP contribution in [0, 0.1) is 0 Å². The zero-order valence-corrected chi connectivity index (χ0v) is 9.75. The average Bonchev–Trinajstić information content (AvgIpc) is 2.19.